The lowest BCUT2D eigenvalue weighted by atomic mass is 10.1. The molecule has 1 unspecified atom stereocenters. The summed E-state index contributed by atoms with van der Waals surface area (Å²) in [5, 5.41) is 3.44. The van der Waals surface area contributed by atoms with E-state index in [0.29, 0.717) is 24.4 Å². The van der Waals surface area contributed by atoms with Crippen molar-refractivity contribution in [2.75, 3.05) is 11.9 Å². The molecule has 0 spiro atoms. The summed E-state index contributed by atoms with van der Waals surface area (Å²) in [4.78, 5) is 4.22. The van der Waals surface area contributed by atoms with E-state index in [1.54, 1.807) is 6.20 Å². The summed E-state index contributed by atoms with van der Waals surface area (Å²) in [5.41, 5.74) is 0.984. The Bertz CT molecular complexity index is 313. The second kappa shape index (κ2) is 6.36. The average Bonchev–Trinajstić information content (AvgIpc) is 2.20. The van der Waals surface area contributed by atoms with Crippen molar-refractivity contribution >= 4 is 5.69 Å². The zero-order chi connectivity index (χ0) is 12.0. The molecule has 1 rings (SSSR count). The normalized spacial score (nSPS) is 12.6. The zero-order valence-corrected chi connectivity index (χ0v) is 10.7. The Morgan fingerprint density at radius 3 is 2.75 bits per heavy atom. The topological polar surface area (TPSA) is 34.1 Å². The maximum absolute atomic E-state index is 5.47. The van der Waals surface area contributed by atoms with Crippen molar-refractivity contribution in [1.29, 1.82) is 0 Å². The van der Waals surface area contributed by atoms with Gasteiger partial charge in [0.05, 0.1) is 12.3 Å². The van der Waals surface area contributed by atoms with Crippen LogP contribution in [0.4, 0.5) is 5.69 Å². The maximum atomic E-state index is 5.47. The van der Waals surface area contributed by atoms with Gasteiger partial charge in [0.15, 0.2) is 0 Å². The van der Waals surface area contributed by atoms with Gasteiger partial charge in [-0.15, -0.1) is 0 Å². The largest absolute Gasteiger partial charge is 0.476 e. The van der Waals surface area contributed by atoms with Crippen molar-refractivity contribution < 1.29 is 4.74 Å². The molecule has 0 fully saturated rings. The number of ether oxygens (including phenoxy) is 1. The minimum Gasteiger partial charge on any atom is -0.476 e. The van der Waals surface area contributed by atoms with Crippen LogP contribution in [0.1, 0.15) is 34.1 Å². The van der Waals surface area contributed by atoms with Gasteiger partial charge in [0.1, 0.15) is 0 Å². The van der Waals surface area contributed by atoms with Gasteiger partial charge >= 0.3 is 0 Å². The molecule has 1 aromatic rings. The Hall–Kier alpha value is -1.25. The number of nitrogens with zero attached hydrogens (tertiary/aromatic N) is 1. The summed E-state index contributed by atoms with van der Waals surface area (Å²) in [6, 6.07) is 4.37. The molecule has 1 aromatic heterocycles. The van der Waals surface area contributed by atoms with Gasteiger partial charge in [-0.1, -0.05) is 13.8 Å². The van der Waals surface area contributed by atoms with Crippen LogP contribution in [0.3, 0.4) is 0 Å². The monoisotopic (exact) mass is 222 g/mol. The number of hydrogen-bond acceptors (Lipinski definition) is 3. The van der Waals surface area contributed by atoms with E-state index in [-0.39, 0.29) is 0 Å². The third-order valence-electron chi connectivity index (χ3n) is 2.28. The number of nitrogens with one attached hydrogen (secondary N) is 1. The van der Waals surface area contributed by atoms with Crippen molar-refractivity contribution in [3.05, 3.63) is 18.3 Å². The van der Waals surface area contributed by atoms with E-state index in [2.05, 4.69) is 31.1 Å². The summed E-state index contributed by atoms with van der Waals surface area (Å²) in [6.45, 7) is 9.25. The Morgan fingerprint density at radius 1 is 1.38 bits per heavy atom. The van der Waals surface area contributed by atoms with E-state index in [4.69, 9.17) is 4.74 Å². The first-order chi connectivity index (χ1) is 7.63. The lowest BCUT2D eigenvalue weighted by Gasteiger charge is -2.18. The number of aromatic nitrogens is 1. The quantitative estimate of drug-likeness (QED) is 0.801. The number of rotatable bonds is 6. The fourth-order valence-corrected chi connectivity index (χ4v) is 1.78. The molecule has 0 bridgehead atoms. The Kier molecular flexibility index (Phi) is 5.09. The van der Waals surface area contributed by atoms with Gasteiger partial charge in [-0.05, 0) is 38.3 Å². The molecule has 3 nitrogen and oxygen atoms in total. The highest BCUT2D eigenvalue weighted by molar-refractivity contribution is 5.52. The highest BCUT2D eigenvalue weighted by Crippen LogP contribution is 2.22. The van der Waals surface area contributed by atoms with Crippen molar-refractivity contribution in [3.63, 3.8) is 0 Å². The first-order valence-corrected chi connectivity index (χ1v) is 5.97. The number of pyridine rings is 1. The SMILES string of the molecule is CCOc1ncccc1NC(C)CC(C)C. The summed E-state index contributed by atoms with van der Waals surface area (Å²) in [6.07, 6.45) is 2.89. The molecule has 0 amide bonds. The molecule has 3 heteroatoms. The van der Waals surface area contributed by atoms with Gasteiger partial charge in [-0.3, -0.25) is 0 Å². The standard InChI is InChI=1S/C13H22N2O/c1-5-16-13-12(7-6-8-14-13)15-11(4)9-10(2)3/h6-8,10-11,15H,5,9H2,1-4H3. The molecule has 1 N–H and O–H groups in total. The fraction of sp³-hybridized carbons (Fsp3) is 0.615. The summed E-state index contributed by atoms with van der Waals surface area (Å²) in [7, 11) is 0. The molecule has 0 aliphatic carbocycles. The van der Waals surface area contributed by atoms with Gasteiger partial charge < -0.3 is 10.1 Å². The highest BCUT2D eigenvalue weighted by atomic mass is 16.5. The van der Waals surface area contributed by atoms with Gasteiger partial charge in [-0.25, -0.2) is 4.98 Å². The van der Waals surface area contributed by atoms with E-state index in [1.165, 1.54) is 0 Å². The van der Waals surface area contributed by atoms with Crippen LogP contribution in [-0.4, -0.2) is 17.6 Å². The summed E-state index contributed by atoms with van der Waals surface area (Å²) < 4.78 is 5.47. The minimum absolute atomic E-state index is 0.434. The molecule has 0 radical (unpaired) electrons. The van der Waals surface area contributed by atoms with Crippen LogP contribution < -0.4 is 10.1 Å². The van der Waals surface area contributed by atoms with Crippen LogP contribution in [0.25, 0.3) is 0 Å². The van der Waals surface area contributed by atoms with Crippen LogP contribution in [-0.2, 0) is 0 Å². The molecule has 0 saturated carbocycles. The van der Waals surface area contributed by atoms with Crippen LogP contribution in [0.2, 0.25) is 0 Å². The average molecular weight is 222 g/mol. The number of anilines is 1. The van der Waals surface area contributed by atoms with E-state index < -0.39 is 0 Å². The first-order valence-electron chi connectivity index (χ1n) is 5.97. The van der Waals surface area contributed by atoms with Gasteiger partial charge in [0, 0.05) is 12.2 Å². The molecule has 90 valence electrons. The predicted octanol–water partition coefficient (Wildman–Crippen LogP) is 3.33. The van der Waals surface area contributed by atoms with Crippen LogP contribution in [0.5, 0.6) is 5.88 Å². The van der Waals surface area contributed by atoms with Crippen molar-refractivity contribution in [3.8, 4) is 5.88 Å². The highest BCUT2D eigenvalue weighted by Gasteiger charge is 2.09. The molecule has 0 aliphatic heterocycles. The van der Waals surface area contributed by atoms with Crippen molar-refractivity contribution in [2.45, 2.75) is 40.2 Å². The molecule has 1 heterocycles. The van der Waals surface area contributed by atoms with Crippen LogP contribution in [0.15, 0.2) is 18.3 Å². The number of hydrogen-bond donors (Lipinski definition) is 1. The maximum Gasteiger partial charge on any atom is 0.237 e. The van der Waals surface area contributed by atoms with E-state index in [0.717, 1.165) is 12.1 Å². The summed E-state index contributed by atoms with van der Waals surface area (Å²) >= 11 is 0. The molecule has 0 saturated heterocycles. The zero-order valence-electron chi connectivity index (χ0n) is 10.7. The molecule has 1 atom stereocenters. The molecular formula is C13H22N2O. The molecule has 16 heavy (non-hydrogen) atoms. The van der Waals surface area contributed by atoms with Gasteiger partial charge in [-0.2, -0.15) is 0 Å². The lowest BCUT2D eigenvalue weighted by Crippen LogP contribution is -2.18. The van der Waals surface area contributed by atoms with Crippen LogP contribution in [0, 0.1) is 5.92 Å². The van der Waals surface area contributed by atoms with Gasteiger partial charge in [0.25, 0.3) is 0 Å². The minimum atomic E-state index is 0.434. The smallest absolute Gasteiger partial charge is 0.237 e. The lowest BCUT2D eigenvalue weighted by molar-refractivity contribution is 0.328. The van der Waals surface area contributed by atoms with Crippen LogP contribution >= 0.6 is 0 Å². The Balaban J connectivity index is 2.64. The van der Waals surface area contributed by atoms with Crippen molar-refractivity contribution in [1.82, 2.24) is 4.98 Å². The molecule has 0 aromatic carbocycles. The third-order valence-corrected chi connectivity index (χ3v) is 2.28. The van der Waals surface area contributed by atoms with Gasteiger partial charge in [0.2, 0.25) is 5.88 Å². The second-order valence-corrected chi connectivity index (χ2v) is 4.46. The van der Waals surface area contributed by atoms with Crippen molar-refractivity contribution in [2.24, 2.45) is 5.92 Å². The van der Waals surface area contributed by atoms with E-state index >= 15 is 0 Å². The third kappa shape index (κ3) is 4.09. The Labute approximate surface area is 98.2 Å². The Morgan fingerprint density at radius 2 is 2.12 bits per heavy atom. The molecule has 0 aliphatic rings. The predicted molar refractivity (Wildman–Crippen MR) is 67.9 cm³/mol. The fourth-order valence-electron chi connectivity index (χ4n) is 1.78. The first kappa shape index (κ1) is 12.8. The summed E-state index contributed by atoms with van der Waals surface area (Å²) in [5.74, 6) is 1.38. The van der Waals surface area contributed by atoms with E-state index in [1.807, 2.05) is 19.1 Å². The second-order valence-electron chi connectivity index (χ2n) is 4.46. The molecular weight excluding hydrogens is 200 g/mol. The van der Waals surface area contributed by atoms with E-state index in [9.17, 15) is 0 Å².